The summed E-state index contributed by atoms with van der Waals surface area (Å²) >= 11 is 0. The van der Waals surface area contributed by atoms with Crippen LogP contribution < -0.4 is 25.1 Å². The van der Waals surface area contributed by atoms with Crippen molar-refractivity contribution < 1.29 is 23.4 Å². The first-order chi connectivity index (χ1) is 15.9. The quantitative estimate of drug-likeness (QED) is 0.451. The van der Waals surface area contributed by atoms with Gasteiger partial charge < -0.3 is 24.5 Å². The fourth-order valence-corrected chi connectivity index (χ4v) is 3.37. The monoisotopic (exact) mass is 449 g/mol. The van der Waals surface area contributed by atoms with Crippen LogP contribution in [0.15, 0.2) is 59.7 Å². The molecule has 0 fully saturated rings. The molecule has 0 bridgehead atoms. The number of methoxy groups -OCH3 is 2. The first-order valence-electron chi connectivity index (χ1n) is 9.89. The molecule has 9 heteroatoms. The summed E-state index contributed by atoms with van der Waals surface area (Å²) in [5.74, 6) is -0.0337. The van der Waals surface area contributed by atoms with Crippen LogP contribution in [0.4, 0.5) is 10.1 Å². The third-order valence-corrected chi connectivity index (χ3v) is 5.01. The fraction of sp³-hybridized carbons (Fsp3) is 0.125. The van der Waals surface area contributed by atoms with Crippen LogP contribution in [0.25, 0.3) is 10.9 Å². The fourth-order valence-electron chi connectivity index (χ4n) is 3.37. The number of amides is 1. The van der Waals surface area contributed by atoms with E-state index in [1.165, 1.54) is 38.7 Å². The SMILES string of the molecule is COc1cc2nccc(Oc3ccc(NC(=O)c4c(C)cc[nH]c4=O)cc3F)c2cc1OC. The summed E-state index contributed by atoms with van der Waals surface area (Å²) in [4.78, 5) is 31.2. The molecule has 2 aromatic heterocycles. The summed E-state index contributed by atoms with van der Waals surface area (Å²) in [5.41, 5.74) is 0.708. The Hall–Kier alpha value is -4.40. The number of fused-ring (bicyclic) bond motifs is 1. The van der Waals surface area contributed by atoms with E-state index in [0.717, 1.165) is 6.07 Å². The molecule has 168 valence electrons. The van der Waals surface area contributed by atoms with Crippen LogP contribution >= 0.6 is 0 Å². The number of halogens is 1. The Bertz CT molecular complexity index is 1420. The van der Waals surface area contributed by atoms with Crippen molar-refractivity contribution >= 4 is 22.5 Å². The molecule has 8 nitrogen and oxygen atoms in total. The van der Waals surface area contributed by atoms with Gasteiger partial charge in [0, 0.05) is 35.6 Å². The molecule has 4 aromatic rings. The van der Waals surface area contributed by atoms with Crippen LogP contribution in [0.1, 0.15) is 15.9 Å². The number of aryl methyl sites for hydroxylation is 1. The van der Waals surface area contributed by atoms with Crippen molar-refractivity contribution in [2.24, 2.45) is 0 Å². The smallest absolute Gasteiger partial charge is 0.261 e. The van der Waals surface area contributed by atoms with Gasteiger partial charge in [-0.3, -0.25) is 14.6 Å². The van der Waals surface area contributed by atoms with Gasteiger partial charge in [0.15, 0.2) is 23.1 Å². The number of carbonyl (C=O) groups excluding carboxylic acids is 1. The van der Waals surface area contributed by atoms with Crippen LogP contribution in [-0.4, -0.2) is 30.1 Å². The van der Waals surface area contributed by atoms with Crippen LogP contribution in [-0.2, 0) is 0 Å². The predicted octanol–water partition coefficient (Wildman–Crippen LogP) is 4.43. The highest BCUT2D eigenvalue weighted by Crippen LogP contribution is 2.37. The second-order valence-electron chi connectivity index (χ2n) is 7.10. The van der Waals surface area contributed by atoms with Gasteiger partial charge in [-0.1, -0.05) is 0 Å². The second kappa shape index (κ2) is 8.99. The van der Waals surface area contributed by atoms with E-state index < -0.39 is 17.3 Å². The number of nitrogens with one attached hydrogen (secondary N) is 2. The Morgan fingerprint density at radius 2 is 1.76 bits per heavy atom. The minimum Gasteiger partial charge on any atom is -0.493 e. The van der Waals surface area contributed by atoms with Crippen molar-refractivity contribution in [2.45, 2.75) is 6.92 Å². The van der Waals surface area contributed by atoms with E-state index in [-0.39, 0.29) is 17.0 Å². The van der Waals surface area contributed by atoms with E-state index in [4.69, 9.17) is 14.2 Å². The highest BCUT2D eigenvalue weighted by atomic mass is 19.1. The van der Waals surface area contributed by atoms with Crippen molar-refractivity contribution in [1.29, 1.82) is 0 Å². The summed E-state index contributed by atoms with van der Waals surface area (Å²) < 4.78 is 31.2. The van der Waals surface area contributed by atoms with Gasteiger partial charge in [0.05, 0.1) is 19.7 Å². The molecule has 0 aliphatic rings. The predicted molar refractivity (Wildman–Crippen MR) is 121 cm³/mol. The number of anilines is 1. The number of aromatic nitrogens is 2. The summed E-state index contributed by atoms with van der Waals surface area (Å²) in [7, 11) is 3.03. The first-order valence-corrected chi connectivity index (χ1v) is 9.89. The third-order valence-electron chi connectivity index (χ3n) is 5.01. The standard InChI is InChI=1S/C24H20FN3O5/c1-13-6-8-27-23(29)22(13)24(30)28-14-4-5-19(16(25)10-14)33-18-7-9-26-17-12-21(32-3)20(31-2)11-15(17)18/h4-12H,1-3H3,(H,27,29)(H,28,30). The summed E-state index contributed by atoms with van der Waals surface area (Å²) in [5, 5.41) is 3.14. The normalized spacial score (nSPS) is 10.7. The molecule has 0 aliphatic heterocycles. The molecular weight excluding hydrogens is 429 g/mol. The van der Waals surface area contributed by atoms with E-state index in [1.807, 2.05) is 0 Å². The number of H-pyrrole nitrogens is 1. The molecule has 2 heterocycles. The summed E-state index contributed by atoms with van der Waals surface area (Å²) in [6.45, 7) is 1.64. The number of rotatable bonds is 6. The molecule has 0 saturated carbocycles. The lowest BCUT2D eigenvalue weighted by Gasteiger charge is -2.13. The van der Waals surface area contributed by atoms with E-state index in [2.05, 4.69) is 15.3 Å². The lowest BCUT2D eigenvalue weighted by molar-refractivity contribution is 0.102. The molecule has 0 unspecified atom stereocenters. The minimum atomic E-state index is -0.697. The largest absolute Gasteiger partial charge is 0.493 e. The first kappa shape index (κ1) is 21.8. The van der Waals surface area contributed by atoms with Gasteiger partial charge in [-0.2, -0.15) is 0 Å². The average molecular weight is 449 g/mol. The Morgan fingerprint density at radius 1 is 1.00 bits per heavy atom. The summed E-state index contributed by atoms with van der Waals surface area (Å²) in [6, 6.07) is 10.6. The zero-order valence-electron chi connectivity index (χ0n) is 18.1. The maximum Gasteiger partial charge on any atom is 0.261 e. The molecule has 2 aromatic carbocycles. The average Bonchev–Trinajstić information content (AvgIpc) is 2.80. The van der Waals surface area contributed by atoms with Crippen molar-refractivity contribution in [3.8, 4) is 23.0 Å². The molecule has 0 radical (unpaired) electrons. The van der Waals surface area contributed by atoms with Gasteiger partial charge in [-0.05, 0) is 42.8 Å². The molecule has 0 aliphatic carbocycles. The van der Waals surface area contributed by atoms with Gasteiger partial charge in [-0.15, -0.1) is 0 Å². The number of hydrogen-bond donors (Lipinski definition) is 2. The summed E-state index contributed by atoms with van der Waals surface area (Å²) in [6.07, 6.45) is 2.99. The Labute approximate surface area is 188 Å². The van der Waals surface area contributed by atoms with Crippen molar-refractivity contribution in [3.63, 3.8) is 0 Å². The van der Waals surface area contributed by atoms with Gasteiger partial charge in [0.25, 0.3) is 11.5 Å². The number of ether oxygens (including phenoxy) is 3. The van der Waals surface area contributed by atoms with E-state index in [1.54, 1.807) is 31.2 Å². The highest BCUT2D eigenvalue weighted by molar-refractivity contribution is 6.05. The molecular formula is C24H20FN3O5. The van der Waals surface area contributed by atoms with E-state index in [9.17, 15) is 14.0 Å². The van der Waals surface area contributed by atoms with Crippen molar-refractivity contribution in [2.75, 3.05) is 19.5 Å². The molecule has 2 N–H and O–H groups in total. The lowest BCUT2D eigenvalue weighted by atomic mass is 10.1. The Kier molecular flexibility index (Phi) is 5.95. The maximum atomic E-state index is 14.8. The van der Waals surface area contributed by atoms with E-state index >= 15 is 0 Å². The maximum absolute atomic E-state index is 14.8. The number of hydrogen-bond acceptors (Lipinski definition) is 6. The van der Waals surface area contributed by atoms with E-state index in [0.29, 0.717) is 33.7 Å². The van der Waals surface area contributed by atoms with Crippen molar-refractivity contribution in [3.05, 3.63) is 82.2 Å². The number of nitrogens with zero attached hydrogens (tertiary/aromatic N) is 1. The number of carbonyl (C=O) groups is 1. The van der Waals surface area contributed by atoms with Gasteiger partial charge in [-0.25, -0.2) is 4.39 Å². The lowest BCUT2D eigenvalue weighted by Crippen LogP contribution is -2.24. The van der Waals surface area contributed by atoms with Gasteiger partial charge >= 0.3 is 0 Å². The molecule has 4 rings (SSSR count). The molecule has 1 amide bonds. The number of aromatic amines is 1. The molecule has 0 spiro atoms. The molecule has 0 saturated heterocycles. The third kappa shape index (κ3) is 4.33. The van der Waals surface area contributed by atoms with Gasteiger partial charge in [0.1, 0.15) is 11.3 Å². The molecule has 33 heavy (non-hydrogen) atoms. The van der Waals surface area contributed by atoms with Crippen LogP contribution in [0.3, 0.4) is 0 Å². The Morgan fingerprint density at radius 3 is 2.45 bits per heavy atom. The second-order valence-corrected chi connectivity index (χ2v) is 7.10. The highest BCUT2D eigenvalue weighted by Gasteiger charge is 2.16. The topological polar surface area (TPSA) is 103 Å². The number of benzene rings is 2. The van der Waals surface area contributed by atoms with Crippen LogP contribution in [0.5, 0.6) is 23.0 Å². The molecule has 0 atom stereocenters. The Balaban J connectivity index is 1.61. The van der Waals surface area contributed by atoms with Crippen LogP contribution in [0.2, 0.25) is 0 Å². The van der Waals surface area contributed by atoms with Crippen molar-refractivity contribution in [1.82, 2.24) is 9.97 Å². The minimum absolute atomic E-state index is 0.0362. The van der Waals surface area contributed by atoms with Gasteiger partial charge in [0.2, 0.25) is 0 Å². The zero-order valence-corrected chi connectivity index (χ0v) is 18.1. The number of pyridine rings is 2. The van der Waals surface area contributed by atoms with Crippen LogP contribution in [0, 0.1) is 12.7 Å². The zero-order chi connectivity index (χ0) is 23.5.